The third-order valence-corrected chi connectivity index (χ3v) is 6.85. The summed E-state index contributed by atoms with van der Waals surface area (Å²) in [5.74, 6) is -2.02. The quantitative estimate of drug-likeness (QED) is 0.524. The topological polar surface area (TPSA) is 113 Å². The molecule has 2 aliphatic rings. The van der Waals surface area contributed by atoms with E-state index in [1.165, 1.54) is 34.9 Å². The number of ether oxygens (including phenoxy) is 1. The largest absolute Gasteiger partial charge is 0.481 e. The predicted molar refractivity (Wildman–Crippen MR) is 94.6 cm³/mol. The molecule has 2 amide bonds. The molecule has 1 aromatic rings. The number of aliphatic carboxylic acids is 1. The summed E-state index contributed by atoms with van der Waals surface area (Å²) in [7, 11) is 0. The molecule has 0 spiro atoms. The average molecular weight is 398 g/mol. The van der Waals surface area contributed by atoms with E-state index < -0.39 is 23.4 Å². The van der Waals surface area contributed by atoms with Crippen LogP contribution in [0.25, 0.3) is 0 Å². The summed E-state index contributed by atoms with van der Waals surface area (Å²) < 4.78 is 4.90. The van der Waals surface area contributed by atoms with Crippen molar-refractivity contribution in [3.05, 3.63) is 22.4 Å². The zero-order chi connectivity index (χ0) is 18.9. The van der Waals surface area contributed by atoms with Gasteiger partial charge in [-0.25, -0.2) is 0 Å². The first-order valence-electron chi connectivity index (χ1n) is 7.93. The number of β-lactam (4-membered cyclic amide) rings is 1. The molecule has 0 aliphatic carbocycles. The van der Waals surface area contributed by atoms with Crippen LogP contribution in [0.1, 0.15) is 11.8 Å². The molecule has 3 heterocycles. The van der Waals surface area contributed by atoms with Crippen molar-refractivity contribution in [3.8, 4) is 0 Å². The van der Waals surface area contributed by atoms with Crippen molar-refractivity contribution in [2.45, 2.75) is 24.8 Å². The van der Waals surface area contributed by atoms with Crippen molar-refractivity contribution in [2.75, 3.05) is 18.9 Å². The number of nitrogens with zero attached hydrogens (tertiary/aromatic N) is 1. The van der Waals surface area contributed by atoms with Crippen LogP contribution >= 0.6 is 23.1 Å². The van der Waals surface area contributed by atoms with Crippen LogP contribution in [0.5, 0.6) is 0 Å². The van der Waals surface area contributed by atoms with E-state index in [1.807, 2.05) is 17.5 Å². The molecule has 2 saturated heterocycles. The second-order valence-corrected chi connectivity index (χ2v) is 8.47. The minimum atomic E-state index is -1.32. The van der Waals surface area contributed by atoms with Gasteiger partial charge in [-0.3, -0.25) is 19.2 Å². The summed E-state index contributed by atoms with van der Waals surface area (Å²) in [6, 6.07) is 3.06. The Labute approximate surface area is 157 Å². The van der Waals surface area contributed by atoms with Crippen LogP contribution in [0.15, 0.2) is 17.5 Å². The van der Waals surface area contributed by atoms with Gasteiger partial charge in [-0.1, -0.05) is 6.07 Å². The molecule has 0 saturated carbocycles. The number of thioether (sulfide) groups is 1. The van der Waals surface area contributed by atoms with E-state index >= 15 is 0 Å². The first-order valence-corrected chi connectivity index (χ1v) is 9.86. The molecule has 1 aromatic heterocycles. The number of thiophene rings is 1. The summed E-state index contributed by atoms with van der Waals surface area (Å²) in [5.41, 5.74) is -1.32. The van der Waals surface area contributed by atoms with Crippen LogP contribution < -0.4 is 5.32 Å². The monoisotopic (exact) mass is 398 g/mol. The van der Waals surface area contributed by atoms with Gasteiger partial charge in [0.05, 0.1) is 6.42 Å². The van der Waals surface area contributed by atoms with Crippen LogP contribution in [0.3, 0.4) is 0 Å². The average Bonchev–Trinajstić information content (AvgIpc) is 3.10. The second-order valence-electron chi connectivity index (χ2n) is 6.33. The van der Waals surface area contributed by atoms with Gasteiger partial charge >= 0.3 is 11.9 Å². The lowest BCUT2D eigenvalue weighted by atomic mass is 9.88. The minimum absolute atomic E-state index is 0.0383. The van der Waals surface area contributed by atoms with Crippen molar-refractivity contribution < 1.29 is 29.0 Å². The third-order valence-electron chi connectivity index (χ3n) is 4.38. The van der Waals surface area contributed by atoms with Gasteiger partial charge in [0.1, 0.15) is 23.4 Å². The molecule has 0 aromatic carbocycles. The molecule has 2 aliphatic heterocycles. The van der Waals surface area contributed by atoms with Crippen LogP contribution in [0, 0.1) is 5.41 Å². The summed E-state index contributed by atoms with van der Waals surface area (Å²) >= 11 is 2.75. The van der Waals surface area contributed by atoms with Crippen LogP contribution in [-0.4, -0.2) is 64.1 Å². The third kappa shape index (κ3) is 3.56. The fraction of sp³-hybridized carbons (Fsp3) is 0.500. The second kappa shape index (κ2) is 7.28. The van der Waals surface area contributed by atoms with Crippen LogP contribution in [-0.2, 0) is 30.3 Å². The zero-order valence-electron chi connectivity index (χ0n) is 14.0. The molecule has 2 fully saturated rings. The lowest BCUT2D eigenvalue weighted by Gasteiger charge is -2.53. The summed E-state index contributed by atoms with van der Waals surface area (Å²) in [5, 5.41) is 13.9. The number of fused-ring (bicyclic) bond motifs is 1. The number of nitrogens with one attached hydrogen (secondary N) is 1. The Morgan fingerprint density at radius 1 is 1.46 bits per heavy atom. The molecular formula is C16H18N2O6S2. The maximum Gasteiger partial charge on any atom is 0.315 e. The van der Waals surface area contributed by atoms with E-state index in [9.17, 15) is 24.3 Å². The van der Waals surface area contributed by atoms with E-state index in [0.717, 1.165) is 4.88 Å². The number of hydrogen-bond acceptors (Lipinski definition) is 7. The molecule has 2 N–H and O–H groups in total. The highest BCUT2D eigenvalue weighted by Gasteiger charge is 2.57. The molecular weight excluding hydrogens is 380 g/mol. The van der Waals surface area contributed by atoms with Crippen molar-refractivity contribution >= 4 is 46.9 Å². The van der Waals surface area contributed by atoms with Gasteiger partial charge in [-0.15, -0.1) is 23.1 Å². The van der Waals surface area contributed by atoms with E-state index in [2.05, 4.69) is 5.32 Å². The van der Waals surface area contributed by atoms with Gasteiger partial charge in [0.15, 0.2) is 0 Å². The summed E-state index contributed by atoms with van der Waals surface area (Å²) in [6.45, 7) is 0.891. The number of amides is 2. The first-order chi connectivity index (χ1) is 12.3. The fourth-order valence-corrected chi connectivity index (χ4v) is 5.17. The number of esters is 1. The number of rotatable bonds is 6. The number of carboxylic acids is 1. The Morgan fingerprint density at radius 2 is 2.23 bits per heavy atom. The maximum atomic E-state index is 12.4. The van der Waals surface area contributed by atoms with Gasteiger partial charge in [0.25, 0.3) is 0 Å². The first kappa shape index (κ1) is 18.7. The van der Waals surface area contributed by atoms with Gasteiger partial charge in [0, 0.05) is 24.1 Å². The summed E-state index contributed by atoms with van der Waals surface area (Å²) in [4.78, 5) is 49.6. The molecule has 3 rings (SSSR count). The molecule has 10 heteroatoms. The molecule has 0 radical (unpaired) electrons. The SMILES string of the molecule is CC(=O)OCC1(C(=O)O)CS[C@@H]2C(NC(=O)Cc3cccs3)C(=O)N2C1. The lowest BCUT2D eigenvalue weighted by molar-refractivity contribution is -0.164. The van der Waals surface area contributed by atoms with Crippen LogP contribution in [0.4, 0.5) is 0 Å². The van der Waals surface area contributed by atoms with Crippen molar-refractivity contribution in [2.24, 2.45) is 5.41 Å². The normalized spacial score (nSPS) is 27.3. The smallest absolute Gasteiger partial charge is 0.315 e. The highest BCUT2D eigenvalue weighted by Crippen LogP contribution is 2.42. The van der Waals surface area contributed by atoms with E-state index in [-0.39, 0.29) is 42.5 Å². The lowest BCUT2D eigenvalue weighted by Crippen LogP contribution is -2.74. The van der Waals surface area contributed by atoms with Gasteiger partial charge in [-0.05, 0) is 11.4 Å². The number of carbonyl (C=O) groups is 4. The predicted octanol–water partition coefficient (Wildman–Crippen LogP) is 0.325. The Bertz CT molecular complexity index is 737. The molecule has 3 atom stereocenters. The van der Waals surface area contributed by atoms with E-state index in [0.29, 0.717) is 0 Å². The molecule has 2 unspecified atom stereocenters. The van der Waals surface area contributed by atoms with Crippen molar-refractivity contribution in [1.82, 2.24) is 10.2 Å². The highest BCUT2D eigenvalue weighted by atomic mass is 32.2. The van der Waals surface area contributed by atoms with E-state index in [1.54, 1.807) is 0 Å². The number of carboxylic acid groups (broad SMARTS) is 1. The van der Waals surface area contributed by atoms with Gasteiger partial charge in [0.2, 0.25) is 11.8 Å². The molecule has 0 bridgehead atoms. The molecule has 140 valence electrons. The Hall–Kier alpha value is -2.07. The maximum absolute atomic E-state index is 12.4. The minimum Gasteiger partial charge on any atom is -0.481 e. The molecule has 26 heavy (non-hydrogen) atoms. The van der Waals surface area contributed by atoms with Gasteiger partial charge in [-0.2, -0.15) is 0 Å². The van der Waals surface area contributed by atoms with Crippen LogP contribution in [0.2, 0.25) is 0 Å². The van der Waals surface area contributed by atoms with Gasteiger partial charge < -0.3 is 20.1 Å². The Balaban J connectivity index is 1.60. The Morgan fingerprint density at radius 3 is 2.85 bits per heavy atom. The van der Waals surface area contributed by atoms with Crippen molar-refractivity contribution in [3.63, 3.8) is 0 Å². The highest BCUT2D eigenvalue weighted by molar-refractivity contribution is 8.00. The fourth-order valence-electron chi connectivity index (χ4n) is 2.94. The summed E-state index contributed by atoms with van der Waals surface area (Å²) in [6.07, 6.45) is 0.213. The number of hydrogen-bond donors (Lipinski definition) is 2. The zero-order valence-corrected chi connectivity index (χ0v) is 15.6. The standard InChI is InChI=1S/C16H18N2O6S2/c1-9(19)24-7-16(15(22)23)6-18-13(21)12(14(18)26-8-16)17-11(20)5-10-3-2-4-25-10/h2-4,12,14H,5-8H2,1H3,(H,17,20)(H,22,23)/t12?,14-,16?/m1/s1. The molecule has 8 nitrogen and oxygen atoms in total. The number of carbonyl (C=O) groups excluding carboxylic acids is 3. The van der Waals surface area contributed by atoms with Crippen molar-refractivity contribution in [1.29, 1.82) is 0 Å². The van der Waals surface area contributed by atoms with E-state index in [4.69, 9.17) is 4.74 Å². The Kier molecular flexibility index (Phi) is 5.24.